The minimum atomic E-state index is -4.70. The predicted molar refractivity (Wildman–Crippen MR) is 79.5 cm³/mol. The minimum absolute atomic E-state index is 0.151. The molecule has 24 heavy (non-hydrogen) atoms. The number of fused-ring (bicyclic) bond motifs is 1. The van der Waals surface area contributed by atoms with Crippen molar-refractivity contribution in [2.24, 2.45) is 7.05 Å². The molecule has 2 aromatic rings. The maximum absolute atomic E-state index is 12.7. The van der Waals surface area contributed by atoms with E-state index < -0.39 is 41.2 Å². The van der Waals surface area contributed by atoms with Gasteiger partial charge >= 0.3 is 11.9 Å². The molecule has 2 heterocycles. The van der Waals surface area contributed by atoms with Crippen molar-refractivity contribution in [2.75, 3.05) is 6.54 Å². The summed E-state index contributed by atoms with van der Waals surface area (Å²) in [5, 5.41) is 2.21. The average Bonchev–Trinajstić information content (AvgIpc) is 2.53. The van der Waals surface area contributed by atoms with Crippen LogP contribution in [0.25, 0.3) is 11.0 Å². The monoisotopic (exact) mass is 342 g/mol. The Labute approximate surface area is 133 Å². The first-order chi connectivity index (χ1) is 11.2. The molecule has 10 heteroatoms. The smallest absolute Gasteiger partial charge is 0.351 e. The van der Waals surface area contributed by atoms with Crippen LogP contribution >= 0.6 is 0 Å². The van der Waals surface area contributed by atoms with Gasteiger partial charge in [-0.15, -0.1) is 6.58 Å². The maximum Gasteiger partial charge on any atom is 0.433 e. The van der Waals surface area contributed by atoms with Gasteiger partial charge in [-0.1, -0.05) is 6.08 Å². The summed E-state index contributed by atoms with van der Waals surface area (Å²) >= 11 is 0. The number of rotatable bonds is 4. The number of aryl methyl sites for hydroxylation is 1. The number of nitrogens with one attached hydrogen (secondary N) is 1. The van der Waals surface area contributed by atoms with Crippen molar-refractivity contribution in [3.63, 3.8) is 0 Å². The molecule has 0 saturated heterocycles. The van der Waals surface area contributed by atoms with Gasteiger partial charge in [-0.2, -0.15) is 13.2 Å². The first-order valence-electron chi connectivity index (χ1n) is 6.72. The molecule has 0 radical (unpaired) electrons. The molecule has 0 bridgehead atoms. The van der Waals surface area contributed by atoms with E-state index in [1.165, 1.54) is 13.1 Å². The molecule has 0 aliphatic carbocycles. The minimum Gasteiger partial charge on any atom is -0.351 e. The van der Waals surface area contributed by atoms with E-state index in [0.717, 1.165) is 10.6 Å². The van der Waals surface area contributed by atoms with Crippen LogP contribution in [0.2, 0.25) is 0 Å². The highest BCUT2D eigenvalue weighted by Gasteiger charge is 2.33. The van der Waals surface area contributed by atoms with Crippen LogP contribution in [-0.4, -0.2) is 26.6 Å². The fourth-order valence-corrected chi connectivity index (χ4v) is 2.06. The van der Waals surface area contributed by atoms with Gasteiger partial charge in [-0.25, -0.2) is 9.78 Å². The highest BCUT2D eigenvalue weighted by atomic mass is 19.4. The van der Waals surface area contributed by atoms with E-state index in [1.807, 2.05) is 0 Å². The van der Waals surface area contributed by atoms with Crippen LogP contribution in [0.5, 0.6) is 0 Å². The number of aromatic nitrogens is 3. The molecule has 0 fully saturated rings. The normalized spacial score (nSPS) is 11.5. The van der Waals surface area contributed by atoms with Gasteiger partial charge in [0.05, 0.1) is 5.39 Å². The molecule has 2 aromatic heterocycles. The Morgan fingerprint density at radius 3 is 2.62 bits per heavy atom. The van der Waals surface area contributed by atoms with Gasteiger partial charge in [0, 0.05) is 13.6 Å². The van der Waals surface area contributed by atoms with Crippen LogP contribution in [0.3, 0.4) is 0 Å². The largest absolute Gasteiger partial charge is 0.433 e. The van der Waals surface area contributed by atoms with Gasteiger partial charge in [0.15, 0.2) is 0 Å². The second kappa shape index (κ2) is 6.30. The molecule has 0 aliphatic rings. The van der Waals surface area contributed by atoms with E-state index in [1.54, 1.807) is 0 Å². The fraction of sp³-hybridized carbons (Fsp3) is 0.286. The number of carbonyl (C=O) groups is 1. The summed E-state index contributed by atoms with van der Waals surface area (Å²) in [6.45, 7) is 3.00. The Morgan fingerprint density at radius 2 is 2.04 bits per heavy atom. The van der Waals surface area contributed by atoms with Crippen molar-refractivity contribution in [1.29, 1.82) is 0 Å². The zero-order valence-corrected chi connectivity index (χ0v) is 12.6. The summed E-state index contributed by atoms with van der Waals surface area (Å²) in [6, 6.07) is 1.58. The van der Waals surface area contributed by atoms with Crippen molar-refractivity contribution in [3.05, 3.63) is 51.3 Å². The molecule has 0 spiro atoms. The van der Waals surface area contributed by atoms with Crippen LogP contribution in [0.1, 0.15) is 5.69 Å². The van der Waals surface area contributed by atoms with Gasteiger partial charge in [0.25, 0.3) is 5.56 Å². The lowest BCUT2D eigenvalue weighted by molar-refractivity contribution is -0.141. The third-order valence-corrected chi connectivity index (χ3v) is 3.22. The average molecular weight is 342 g/mol. The Balaban J connectivity index is 2.61. The third kappa shape index (κ3) is 3.21. The highest BCUT2D eigenvalue weighted by molar-refractivity contribution is 5.77. The standard InChI is InChI=1S/C14H13F3N4O3/c1-3-6-18-10(22)7-21-12(23)8-4-5-9(14(15,16)17)19-11(8)20(2)13(21)24/h3-5H,1,6-7H2,2H3,(H,18,22). The number of pyridine rings is 1. The van der Waals surface area contributed by atoms with E-state index in [0.29, 0.717) is 10.6 Å². The molecule has 0 unspecified atom stereocenters. The number of hydrogen-bond acceptors (Lipinski definition) is 4. The van der Waals surface area contributed by atoms with Crippen molar-refractivity contribution in [3.8, 4) is 0 Å². The van der Waals surface area contributed by atoms with Crippen molar-refractivity contribution >= 4 is 16.9 Å². The summed E-state index contributed by atoms with van der Waals surface area (Å²) < 4.78 is 39.6. The lowest BCUT2D eigenvalue weighted by Gasteiger charge is -2.12. The van der Waals surface area contributed by atoms with Gasteiger partial charge in [0.2, 0.25) is 5.91 Å². The Morgan fingerprint density at radius 1 is 1.38 bits per heavy atom. The van der Waals surface area contributed by atoms with Crippen molar-refractivity contribution in [1.82, 2.24) is 19.4 Å². The Kier molecular flexibility index (Phi) is 4.58. The number of hydrogen-bond donors (Lipinski definition) is 1. The molecule has 7 nitrogen and oxygen atoms in total. The van der Waals surface area contributed by atoms with E-state index in [2.05, 4.69) is 16.9 Å². The lowest BCUT2D eigenvalue weighted by atomic mass is 10.2. The van der Waals surface area contributed by atoms with Crippen LogP contribution in [0, 0.1) is 0 Å². The topological polar surface area (TPSA) is 86.0 Å². The summed E-state index contributed by atoms with van der Waals surface area (Å²) in [7, 11) is 1.18. The molecular weight excluding hydrogens is 329 g/mol. The Hall–Kier alpha value is -2.91. The number of halogens is 3. The van der Waals surface area contributed by atoms with Crippen LogP contribution < -0.4 is 16.6 Å². The summed E-state index contributed by atoms with van der Waals surface area (Å²) in [5.41, 5.74) is -3.44. The number of alkyl halides is 3. The molecule has 128 valence electrons. The Bertz CT molecular complexity index is 928. The number of nitrogens with zero attached hydrogens (tertiary/aromatic N) is 3. The van der Waals surface area contributed by atoms with E-state index in [9.17, 15) is 27.6 Å². The second-order valence-corrected chi connectivity index (χ2v) is 4.89. The maximum atomic E-state index is 12.7. The molecule has 0 aliphatic heterocycles. The van der Waals surface area contributed by atoms with Crippen molar-refractivity contribution < 1.29 is 18.0 Å². The highest BCUT2D eigenvalue weighted by Crippen LogP contribution is 2.28. The van der Waals surface area contributed by atoms with Crippen LogP contribution in [0.4, 0.5) is 13.2 Å². The van der Waals surface area contributed by atoms with Gasteiger partial charge < -0.3 is 5.32 Å². The molecule has 0 aromatic carbocycles. The number of amides is 1. The third-order valence-electron chi connectivity index (χ3n) is 3.22. The first kappa shape index (κ1) is 17.4. The molecular formula is C14H13F3N4O3. The fourth-order valence-electron chi connectivity index (χ4n) is 2.06. The summed E-state index contributed by atoms with van der Waals surface area (Å²) in [4.78, 5) is 39.5. The van der Waals surface area contributed by atoms with E-state index in [-0.39, 0.29) is 11.9 Å². The zero-order chi connectivity index (χ0) is 18.1. The summed E-state index contributed by atoms with van der Waals surface area (Å²) in [5.74, 6) is -0.603. The summed E-state index contributed by atoms with van der Waals surface area (Å²) in [6.07, 6.45) is -3.29. The molecule has 1 N–H and O–H groups in total. The SMILES string of the molecule is C=CCNC(=O)Cn1c(=O)c2ccc(C(F)(F)F)nc2n(C)c1=O. The van der Waals surface area contributed by atoms with Gasteiger partial charge in [-0.3, -0.25) is 18.7 Å². The lowest BCUT2D eigenvalue weighted by Crippen LogP contribution is -2.43. The number of carbonyl (C=O) groups excluding carboxylic acids is 1. The first-order valence-corrected chi connectivity index (χ1v) is 6.72. The van der Waals surface area contributed by atoms with E-state index in [4.69, 9.17) is 0 Å². The van der Waals surface area contributed by atoms with E-state index >= 15 is 0 Å². The second-order valence-electron chi connectivity index (χ2n) is 4.89. The quantitative estimate of drug-likeness (QED) is 0.816. The molecule has 0 saturated carbocycles. The molecule has 1 amide bonds. The van der Waals surface area contributed by atoms with Gasteiger partial charge in [0.1, 0.15) is 17.9 Å². The van der Waals surface area contributed by atoms with Crippen molar-refractivity contribution in [2.45, 2.75) is 12.7 Å². The van der Waals surface area contributed by atoms with Crippen LogP contribution in [0.15, 0.2) is 34.4 Å². The molecule has 0 atom stereocenters. The zero-order valence-electron chi connectivity index (χ0n) is 12.6. The van der Waals surface area contributed by atoms with Gasteiger partial charge in [-0.05, 0) is 12.1 Å². The molecule has 2 rings (SSSR count). The van der Waals surface area contributed by atoms with Crippen LogP contribution in [-0.2, 0) is 24.6 Å². The predicted octanol–water partition coefficient (Wildman–Crippen LogP) is 0.416.